The van der Waals surface area contributed by atoms with Gasteiger partial charge in [-0.2, -0.15) is 0 Å². The molecule has 106 valence electrons. The van der Waals surface area contributed by atoms with Crippen molar-refractivity contribution in [3.05, 3.63) is 70.8 Å². The molecule has 21 heavy (non-hydrogen) atoms. The molecule has 0 heterocycles. The lowest BCUT2D eigenvalue weighted by atomic mass is 10.1. The van der Waals surface area contributed by atoms with E-state index in [1.807, 2.05) is 0 Å². The van der Waals surface area contributed by atoms with Crippen molar-refractivity contribution in [3.63, 3.8) is 0 Å². The number of carbonyl (C=O) groups is 1. The Kier molecular flexibility index (Phi) is 5.14. The van der Waals surface area contributed by atoms with Crippen LogP contribution in [0.2, 0.25) is 0 Å². The lowest BCUT2D eigenvalue weighted by Gasteiger charge is -1.98. The zero-order chi connectivity index (χ0) is 15.1. The van der Waals surface area contributed by atoms with Gasteiger partial charge in [-0.1, -0.05) is 43.1 Å². The average molecular weight is 279 g/mol. The predicted molar refractivity (Wildman–Crippen MR) is 82.8 cm³/mol. The van der Waals surface area contributed by atoms with Gasteiger partial charge in [0, 0.05) is 16.7 Å². The molecule has 0 bridgehead atoms. The highest BCUT2D eigenvalue weighted by molar-refractivity contribution is 5.93. The maximum atomic E-state index is 11.2. The van der Waals surface area contributed by atoms with Crippen molar-refractivity contribution in [2.75, 3.05) is 0 Å². The van der Waals surface area contributed by atoms with Gasteiger partial charge in [0.05, 0.1) is 0 Å². The zero-order valence-electron chi connectivity index (χ0n) is 11.9. The summed E-state index contributed by atoms with van der Waals surface area (Å²) in [4.78, 5) is 11.2. The van der Waals surface area contributed by atoms with Crippen molar-refractivity contribution in [3.8, 4) is 11.8 Å². The Labute approximate surface area is 124 Å². The van der Waals surface area contributed by atoms with E-state index in [0.717, 1.165) is 24.0 Å². The van der Waals surface area contributed by atoms with Gasteiger partial charge in [-0.05, 0) is 42.7 Å². The van der Waals surface area contributed by atoms with E-state index in [0.29, 0.717) is 5.56 Å². The first-order valence-corrected chi connectivity index (χ1v) is 6.85. The number of hydrogen-bond acceptors (Lipinski definition) is 2. The Hall–Kier alpha value is -2.57. The van der Waals surface area contributed by atoms with E-state index in [1.165, 1.54) is 5.57 Å². The molecule has 0 radical (unpaired) electrons. The average Bonchev–Trinajstić information content (AvgIpc) is 2.77. The van der Waals surface area contributed by atoms with Crippen LogP contribution in [0, 0.1) is 11.8 Å². The van der Waals surface area contributed by atoms with Crippen LogP contribution in [0.4, 0.5) is 0 Å². The van der Waals surface area contributed by atoms with E-state index in [9.17, 15) is 4.79 Å². The van der Waals surface area contributed by atoms with Crippen LogP contribution in [0.3, 0.4) is 0 Å². The maximum absolute atomic E-state index is 11.2. The molecule has 0 atom stereocenters. The summed E-state index contributed by atoms with van der Waals surface area (Å²) in [7, 11) is 0. The summed E-state index contributed by atoms with van der Waals surface area (Å²) in [5, 5.41) is 8.55. The van der Waals surface area contributed by atoms with Gasteiger partial charge in [0.15, 0.2) is 0 Å². The van der Waals surface area contributed by atoms with Gasteiger partial charge in [0.1, 0.15) is 0 Å². The van der Waals surface area contributed by atoms with Gasteiger partial charge >= 0.3 is 0 Å². The minimum Gasteiger partial charge on any atom is -0.288 e. The highest BCUT2D eigenvalue weighted by atomic mass is 16.5. The van der Waals surface area contributed by atoms with Crippen molar-refractivity contribution in [1.29, 1.82) is 0 Å². The first-order valence-electron chi connectivity index (χ1n) is 6.85. The first-order chi connectivity index (χ1) is 10.2. The fourth-order valence-corrected chi connectivity index (χ4v) is 1.92. The third kappa shape index (κ3) is 4.20. The van der Waals surface area contributed by atoms with Crippen LogP contribution in [0.15, 0.2) is 59.7 Å². The highest BCUT2D eigenvalue weighted by Gasteiger charge is 2.02. The number of nitrogens with one attached hydrogen (secondary N) is 1. The molecule has 1 aliphatic rings. The molecule has 0 aromatic heterocycles. The van der Waals surface area contributed by atoms with Gasteiger partial charge < -0.3 is 0 Å². The zero-order valence-corrected chi connectivity index (χ0v) is 11.9. The highest BCUT2D eigenvalue weighted by Crippen LogP contribution is 2.13. The minimum absolute atomic E-state index is 0.398. The number of amides is 1. The number of rotatable bonds is 2. The quantitative estimate of drug-likeness (QED) is 0.495. The molecule has 1 aromatic rings. The summed E-state index contributed by atoms with van der Waals surface area (Å²) < 4.78 is 0. The van der Waals surface area contributed by atoms with Crippen molar-refractivity contribution in [2.24, 2.45) is 0 Å². The lowest BCUT2D eigenvalue weighted by molar-refractivity contribution is 0.0706. The summed E-state index contributed by atoms with van der Waals surface area (Å²) >= 11 is 0. The SMILES string of the molecule is CCC1=CC=C(C#Cc2ccc(C(=O)NO)cc2)CC=C1. The summed E-state index contributed by atoms with van der Waals surface area (Å²) in [5.41, 5.74) is 5.19. The third-order valence-electron chi connectivity index (χ3n) is 3.19. The second-order valence-corrected chi connectivity index (χ2v) is 4.66. The van der Waals surface area contributed by atoms with E-state index < -0.39 is 5.91 Å². The van der Waals surface area contributed by atoms with Gasteiger partial charge in [0.2, 0.25) is 0 Å². The van der Waals surface area contributed by atoms with Crippen LogP contribution in [-0.4, -0.2) is 11.1 Å². The molecule has 2 N–H and O–H groups in total. The number of hydrogen-bond donors (Lipinski definition) is 2. The Bertz CT molecular complexity index is 667. The molecule has 0 saturated heterocycles. The van der Waals surface area contributed by atoms with Gasteiger partial charge in [-0.25, -0.2) is 5.48 Å². The second kappa shape index (κ2) is 7.28. The molecular formula is C18H17NO2. The normalized spacial score (nSPS) is 13.4. The Morgan fingerprint density at radius 2 is 2.00 bits per heavy atom. The number of carbonyl (C=O) groups excluding carboxylic acids is 1. The number of benzene rings is 1. The Morgan fingerprint density at radius 1 is 1.24 bits per heavy atom. The number of allylic oxidation sites excluding steroid dienone is 6. The molecule has 0 unspecified atom stereocenters. The molecule has 3 heteroatoms. The standard InChI is InChI=1S/C18H17NO2/c1-2-14-4-3-5-15(7-6-14)8-9-16-10-12-17(13-11-16)18(20)19-21/h3-4,6-7,10-13,21H,2,5H2,1H3,(H,19,20). The fraction of sp³-hybridized carbons (Fsp3) is 0.167. The summed E-state index contributed by atoms with van der Waals surface area (Å²) in [6, 6.07) is 6.79. The van der Waals surface area contributed by atoms with Crippen LogP contribution in [0.1, 0.15) is 35.7 Å². The maximum Gasteiger partial charge on any atom is 0.274 e. The third-order valence-corrected chi connectivity index (χ3v) is 3.19. The molecule has 3 nitrogen and oxygen atoms in total. The molecule has 0 aliphatic heterocycles. The summed E-state index contributed by atoms with van der Waals surface area (Å²) in [6.07, 6.45) is 10.3. The van der Waals surface area contributed by atoms with Crippen LogP contribution >= 0.6 is 0 Å². The smallest absolute Gasteiger partial charge is 0.274 e. The Morgan fingerprint density at radius 3 is 2.67 bits per heavy atom. The topological polar surface area (TPSA) is 49.3 Å². The molecule has 0 spiro atoms. The molecule has 0 fully saturated rings. The number of hydroxylamine groups is 1. The molecule has 2 rings (SSSR count). The van der Waals surface area contributed by atoms with Crippen LogP contribution in [0.5, 0.6) is 0 Å². The van der Waals surface area contributed by atoms with E-state index in [2.05, 4.69) is 43.1 Å². The largest absolute Gasteiger partial charge is 0.288 e. The van der Waals surface area contributed by atoms with Crippen LogP contribution in [0.25, 0.3) is 0 Å². The molecule has 0 saturated carbocycles. The van der Waals surface area contributed by atoms with E-state index in [-0.39, 0.29) is 0 Å². The monoisotopic (exact) mass is 279 g/mol. The Balaban J connectivity index is 2.12. The minimum atomic E-state index is -0.525. The van der Waals surface area contributed by atoms with Crippen LogP contribution < -0.4 is 5.48 Å². The first kappa shape index (κ1) is 14.8. The van der Waals surface area contributed by atoms with Gasteiger partial charge in [0.25, 0.3) is 5.91 Å². The summed E-state index contributed by atoms with van der Waals surface area (Å²) in [6.45, 7) is 2.13. The van der Waals surface area contributed by atoms with Crippen LogP contribution in [-0.2, 0) is 0 Å². The lowest BCUT2D eigenvalue weighted by Crippen LogP contribution is -2.18. The van der Waals surface area contributed by atoms with E-state index in [1.54, 1.807) is 29.7 Å². The van der Waals surface area contributed by atoms with Gasteiger partial charge in [-0.3, -0.25) is 10.0 Å². The molecular weight excluding hydrogens is 262 g/mol. The van der Waals surface area contributed by atoms with Crippen molar-refractivity contribution in [1.82, 2.24) is 5.48 Å². The second-order valence-electron chi connectivity index (χ2n) is 4.66. The van der Waals surface area contributed by atoms with E-state index in [4.69, 9.17) is 5.21 Å². The molecule has 1 aromatic carbocycles. The van der Waals surface area contributed by atoms with E-state index >= 15 is 0 Å². The van der Waals surface area contributed by atoms with Crippen molar-refractivity contribution >= 4 is 5.91 Å². The molecule has 1 amide bonds. The summed E-state index contributed by atoms with van der Waals surface area (Å²) in [5.74, 6) is 5.71. The van der Waals surface area contributed by atoms with Gasteiger partial charge in [-0.15, -0.1) is 0 Å². The van der Waals surface area contributed by atoms with Crippen molar-refractivity contribution < 1.29 is 10.0 Å². The predicted octanol–water partition coefficient (Wildman–Crippen LogP) is 3.38. The van der Waals surface area contributed by atoms with Crippen molar-refractivity contribution in [2.45, 2.75) is 19.8 Å². The fourth-order valence-electron chi connectivity index (χ4n) is 1.92. The molecule has 1 aliphatic carbocycles.